The summed E-state index contributed by atoms with van der Waals surface area (Å²) in [4.78, 5) is 0.0218. The van der Waals surface area contributed by atoms with Crippen LogP contribution in [0.2, 0.25) is 0 Å². The molecule has 2 aromatic rings. The SMILES string of the molecule is Cc1cc(C2=CC3(C=C2c2ccc(S(=O)(=O)CF)cc2)CC3)ccc1Br. The van der Waals surface area contributed by atoms with Crippen molar-refractivity contribution in [1.82, 2.24) is 0 Å². The molecule has 2 nitrogen and oxygen atoms in total. The number of alkyl halides is 1. The fourth-order valence-corrected chi connectivity index (χ4v) is 4.32. The summed E-state index contributed by atoms with van der Waals surface area (Å²) in [7, 11) is -3.83. The summed E-state index contributed by atoms with van der Waals surface area (Å²) in [6.07, 6.45) is 6.91. The second-order valence-corrected chi connectivity index (χ2v) is 9.83. The number of halogens is 2. The Bertz CT molecular complexity index is 1050. The molecule has 0 amide bonds. The maximum Gasteiger partial charge on any atom is 0.207 e. The lowest BCUT2D eigenvalue weighted by molar-refractivity contribution is 0.534. The van der Waals surface area contributed by atoms with E-state index in [9.17, 15) is 12.8 Å². The topological polar surface area (TPSA) is 34.1 Å². The van der Waals surface area contributed by atoms with Gasteiger partial charge in [0.05, 0.1) is 4.90 Å². The Labute approximate surface area is 161 Å². The van der Waals surface area contributed by atoms with Crippen LogP contribution in [-0.4, -0.2) is 14.4 Å². The highest BCUT2D eigenvalue weighted by Crippen LogP contribution is 2.57. The first-order chi connectivity index (χ1) is 12.3. The summed E-state index contributed by atoms with van der Waals surface area (Å²) < 4.78 is 37.2. The number of allylic oxidation sites excluding steroid dienone is 4. The molecule has 1 fully saturated rings. The Hall–Kier alpha value is -1.72. The number of sulfone groups is 1. The molecule has 2 aliphatic rings. The molecule has 134 valence electrons. The molecule has 2 aromatic carbocycles. The first-order valence-electron chi connectivity index (χ1n) is 8.45. The third-order valence-electron chi connectivity index (χ3n) is 5.12. The molecule has 0 heterocycles. The zero-order chi connectivity index (χ0) is 18.5. The zero-order valence-corrected chi connectivity index (χ0v) is 16.7. The van der Waals surface area contributed by atoms with E-state index in [1.165, 1.54) is 23.3 Å². The second kappa shape index (κ2) is 6.17. The van der Waals surface area contributed by atoms with E-state index in [4.69, 9.17) is 0 Å². The van der Waals surface area contributed by atoms with Crippen LogP contribution in [0, 0.1) is 12.3 Å². The molecule has 0 saturated heterocycles. The van der Waals surface area contributed by atoms with Crippen molar-refractivity contribution in [3.63, 3.8) is 0 Å². The average molecular weight is 433 g/mol. The normalized spacial score (nSPS) is 18.0. The summed E-state index contributed by atoms with van der Waals surface area (Å²) >= 11 is 3.54. The standard InChI is InChI=1S/C21H18BrFO2S/c1-14-10-16(4-7-20(14)22)19-12-21(8-9-21)11-18(19)15-2-5-17(6-3-15)26(24,25)13-23/h2-7,10-12H,8-9,13H2,1H3. The van der Waals surface area contributed by atoms with Crippen molar-refractivity contribution < 1.29 is 12.8 Å². The van der Waals surface area contributed by atoms with E-state index in [-0.39, 0.29) is 10.3 Å². The number of benzene rings is 2. The van der Waals surface area contributed by atoms with Crippen molar-refractivity contribution in [1.29, 1.82) is 0 Å². The highest BCUT2D eigenvalue weighted by atomic mass is 79.9. The van der Waals surface area contributed by atoms with Crippen molar-refractivity contribution in [2.45, 2.75) is 24.7 Å². The molecular weight excluding hydrogens is 415 g/mol. The van der Waals surface area contributed by atoms with Crippen LogP contribution >= 0.6 is 15.9 Å². The number of aryl methyl sites for hydroxylation is 1. The number of hydrogen-bond acceptors (Lipinski definition) is 2. The highest BCUT2D eigenvalue weighted by molar-refractivity contribution is 9.10. The van der Waals surface area contributed by atoms with E-state index in [1.807, 2.05) is 0 Å². The quantitative estimate of drug-likeness (QED) is 0.618. The molecule has 1 saturated carbocycles. The molecule has 0 aliphatic heterocycles. The van der Waals surface area contributed by atoms with Gasteiger partial charge in [-0.2, -0.15) is 0 Å². The van der Waals surface area contributed by atoms with Crippen LogP contribution < -0.4 is 0 Å². The summed E-state index contributed by atoms with van der Waals surface area (Å²) in [5, 5.41) is 0. The van der Waals surface area contributed by atoms with Crippen LogP contribution in [0.25, 0.3) is 11.1 Å². The minimum absolute atomic E-state index is 0.0218. The first-order valence-corrected chi connectivity index (χ1v) is 10.9. The van der Waals surface area contributed by atoms with Crippen LogP contribution in [0.4, 0.5) is 4.39 Å². The first kappa shape index (κ1) is 17.7. The van der Waals surface area contributed by atoms with E-state index in [0.29, 0.717) is 0 Å². The monoisotopic (exact) mass is 432 g/mol. The van der Waals surface area contributed by atoms with Crippen LogP contribution in [0.3, 0.4) is 0 Å². The fraction of sp³-hybridized carbons (Fsp3) is 0.238. The van der Waals surface area contributed by atoms with Crippen molar-refractivity contribution in [2.75, 3.05) is 6.01 Å². The van der Waals surface area contributed by atoms with Gasteiger partial charge in [0.25, 0.3) is 0 Å². The fourth-order valence-electron chi connectivity index (χ4n) is 3.40. The minimum atomic E-state index is -3.83. The van der Waals surface area contributed by atoms with Crippen molar-refractivity contribution in [3.05, 3.63) is 75.8 Å². The Morgan fingerprint density at radius 1 is 1.00 bits per heavy atom. The molecule has 0 atom stereocenters. The highest BCUT2D eigenvalue weighted by Gasteiger charge is 2.43. The molecular formula is C21H18BrFO2S. The van der Waals surface area contributed by atoms with Crippen molar-refractivity contribution in [3.8, 4) is 0 Å². The second-order valence-electron chi connectivity index (χ2n) is 7.06. The summed E-state index contributed by atoms with van der Waals surface area (Å²) in [6, 6.07) is 11.5. The van der Waals surface area contributed by atoms with Crippen molar-refractivity contribution >= 4 is 36.9 Å². The number of hydrogen-bond donors (Lipinski definition) is 0. The Kier molecular flexibility index (Phi) is 4.20. The lowest BCUT2D eigenvalue weighted by Crippen LogP contribution is -2.02. The van der Waals surface area contributed by atoms with Gasteiger partial charge in [-0.25, -0.2) is 12.8 Å². The van der Waals surface area contributed by atoms with Gasteiger partial charge in [-0.15, -0.1) is 0 Å². The predicted octanol–water partition coefficient (Wildman–Crippen LogP) is 5.72. The summed E-state index contributed by atoms with van der Waals surface area (Å²) in [5.41, 5.74) is 5.73. The molecule has 26 heavy (non-hydrogen) atoms. The molecule has 5 heteroatoms. The lowest BCUT2D eigenvalue weighted by atomic mass is 9.94. The Balaban J connectivity index is 1.75. The molecule has 1 spiro atoms. The van der Waals surface area contributed by atoms with E-state index >= 15 is 0 Å². The average Bonchev–Trinajstić information content (AvgIpc) is 3.28. The molecule has 0 aromatic heterocycles. The maximum absolute atomic E-state index is 12.7. The van der Waals surface area contributed by atoms with Crippen LogP contribution in [-0.2, 0) is 9.84 Å². The van der Waals surface area contributed by atoms with E-state index in [1.54, 1.807) is 12.1 Å². The van der Waals surface area contributed by atoms with Crippen molar-refractivity contribution in [2.24, 2.45) is 5.41 Å². The van der Waals surface area contributed by atoms with Gasteiger partial charge in [0.15, 0.2) is 6.01 Å². The van der Waals surface area contributed by atoms with Gasteiger partial charge >= 0.3 is 0 Å². The molecule has 0 N–H and O–H groups in total. The third-order valence-corrected chi connectivity index (χ3v) is 7.29. The Morgan fingerprint density at radius 3 is 2.12 bits per heavy atom. The van der Waals surface area contributed by atoms with Crippen LogP contribution in [0.5, 0.6) is 0 Å². The van der Waals surface area contributed by atoms with E-state index in [0.717, 1.165) is 34.0 Å². The molecule has 0 unspecified atom stereocenters. The third kappa shape index (κ3) is 3.08. The van der Waals surface area contributed by atoms with Gasteiger partial charge in [0, 0.05) is 9.89 Å². The van der Waals surface area contributed by atoms with Gasteiger partial charge in [0.2, 0.25) is 9.84 Å². The Morgan fingerprint density at radius 2 is 1.58 bits per heavy atom. The zero-order valence-electron chi connectivity index (χ0n) is 14.3. The molecule has 4 rings (SSSR count). The van der Waals surface area contributed by atoms with E-state index < -0.39 is 15.8 Å². The van der Waals surface area contributed by atoms with Gasteiger partial charge in [0.1, 0.15) is 0 Å². The lowest BCUT2D eigenvalue weighted by Gasteiger charge is -2.12. The van der Waals surface area contributed by atoms with E-state index in [2.05, 4.69) is 53.2 Å². The van der Waals surface area contributed by atoms with Crippen LogP contribution in [0.15, 0.2) is 64.0 Å². The molecule has 0 bridgehead atoms. The smallest absolute Gasteiger partial charge is 0.207 e. The largest absolute Gasteiger partial charge is 0.233 e. The predicted molar refractivity (Wildman–Crippen MR) is 106 cm³/mol. The minimum Gasteiger partial charge on any atom is -0.233 e. The summed E-state index contributed by atoms with van der Waals surface area (Å²) in [6.45, 7) is 2.07. The van der Waals surface area contributed by atoms with Gasteiger partial charge in [-0.1, -0.05) is 52.3 Å². The van der Waals surface area contributed by atoms with Gasteiger partial charge < -0.3 is 0 Å². The van der Waals surface area contributed by atoms with Gasteiger partial charge in [-0.05, 0) is 65.8 Å². The molecule has 2 aliphatic carbocycles. The van der Waals surface area contributed by atoms with Gasteiger partial charge in [-0.3, -0.25) is 0 Å². The molecule has 0 radical (unpaired) electrons. The summed E-state index contributed by atoms with van der Waals surface area (Å²) in [5.74, 6) is 0. The number of rotatable bonds is 4. The van der Waals surface area contributed by atoms with Crippen LogP contribution in [0.1, 0.15) is 29.5 Å². The maximum atomic E-state index is 12.7.